The molecule has 29 heavy (non-hydrogen) atoms. The van der Waals surface area contributed by atoms with Gasteiger partial charge in [-0.25, -0.2) is 13.4 Å². The Morgan fingerprint density at radius 2 is 2.00 bits per heavy atom. The van der Waals surface area contributed by atoms with Gasteiger partial charge in [0.15, 0.2) is 0 Å². The minimum absolute atomic E-state index is 0.0514. The second kappa shape index (κ2) is 9.62. The normalized spacial score (nSPS) is 11.2. The summed E-state index contributed by atoms with van der Waals surface area (Å²) in [7, 11) is -3.82. The van der Waals surface area contributed by atoms with Crippen LogP contribution in [-0.2, 0) is 14.8 Å². The zero-order chi connectivity index (χ0) is 20.9. The van der Waals surface area contributed by atoms with E-state index in [2.05, 4.69) is 10.3 Å². The molecule has 0 bridgehead atoms. The Kier molecular flexibility index (Phi) is 7.18. The molecular formula is C19H18ClN3O3S3. The van der Waals surface area contributed by atoms with Crippen LogP contribution in [0.1, 0.15) is 6.92 Å². The fourth-order valence-electron chi connectivity index (χ4n) is 2.57. The first kappa shape index (κ1) is 21.6. The van der Waals surface area contributed by atoms with Crippen molar-refractivity contribution >= 4 is 62.0 Å². The van der Waals surface area contributed by atoms with E-state index in [9.17, 15) is 13.2 Å². The van der Waals surface area contributed by atoms with E-state index in [4.69, 9.17) is 11.6 Å². The maximum absolute atomic E-state index is 13.2. The number of halogens is 1. The van der Waals surface area contributed by atoms with E-state index < -0.39 is 10.0 Å². The van der Waals surface area contributed by atoms with Crippen LogP contribution in [0.15, 0.2) is 69.3 Å². The van der Waals surface area contributed by atoms with Crippen LogP contribution < -0.4 is 9.62 Å². The number of carbonyl (C=O) groups is 1. The fraction of sp³-hybridized carbons (Fsp3) is 0.158. The monoisotopic (exact) mass is 467 g/mol. The van der Waals surface area contributed by atoms with Gasteiger partial charge in [0.05, 0.1) is 27.0 Å². The quantitative estimate of drug-likeness (QED) is 0.484. The summed E-state index contributed by atoms with van der Waals surface area (Å²) in [5.41, 5.74) is 0.817. The SMILES string of the molecule is CCN(c1ccccc1)S(=O)(=O)c1ccc(Cl)c(NC(=O)CSc2nccs2)c1. The smallest absolute Gasteiger partial charge is 0.264 e. The number of carbonyl (C=O) groups excluding carboxylic acids is 1. The summed E-state index contributed by atoms with van der Waals surface area (Å²) in [4.78, 5) is 16.4. The highest BCUT2D eigenvalue weighted by Gasteiger charge is 2.24. The summed E-state index contributed by atoms with van der Waals surface area (Å²) in [6.07, 6.45) is 1.67. The number of hydrogen-bond acceptors (Lipinski definition) is 6. The summed E-state index contributed by atoms with van der Waals surface area (Å²) in [5.74, 6) is -0.150. The maximum atomic E-state index is 13.2. The molecule has 3 aromatic rings. The van der Waals surface area contributed by atoms with Crippen molar-refractivity contribution < 1.29 is 13.2 Å². The number of rotatable bonds is 8. The van der Waals surface area contributed by atoms with Crippen molar-refractivity contribution in [2.45, 2.75) is 16.2 Å². The Balaban J connectivity index is 1.81. The molecule has 1 amide bonds. The first-order valence-corrected chi connectivity index (χ1v) is 12.3. The summed E-state index contributed by atoms with van der Waals surface area (Å²) >= 11 is 8.93. The van der Waals surface area contributed by atoms with E-state index in [1.54, 1.807) is 37.4 Å². The molecule has 10 heteroatoms. The molecule has 0 aliphatic rings. The molecule has 0 fully saturated rings. The molecule has 0 aliphatic carbocycles. The van der Waals surface area contributed by atoms with Crippen molar-refractivity contribution in [1.29, 1.82) is 0 Å². The zero-order valence-corrected chi connectivity index (χ0v) is 18.6. The van der Waals surface area contributed by atoms with E-state index in [1.165, 1.54) is 45.6 Å². The van der Waals surface area contributed by atoms with Gasteiger partial charge in [-0.05, 0) is 37.3 Å². The number of nitrogens with zero attached hydrogens (tertiary/aromatic N) is 2. The highest BCUT2D eigenvalue weighted by molar-refractivity contribution is 8.01. The van der Waals surface area contributed by atoms with Crippen molar-refractivity contribution in [1.82, 2.24) is 4.98 Å². The Bertz CT molecular complexity index is 1070. The number of amides is 1. The van der Waals surface area contributed by atoms with Gasteiger partial charge >= 0.3 is 0 Å². The van der Waals surface area contributed by atoms with Crippen LogP contribution in [0, 0.1) is 0 Å². The standard InChI is InChI=1S/C19H18ClN3O3S3/c1-2-23(14-6-4-3-5-7-14)29(25,26)15-8-9-16(20)17(12-15)22-18(24)13-28-19-21-10-11-27-19/h3-12H,2,13H2,1H3,(H,22,24). The molecule has 0 unspecified atom stereocenters. The van der Waals surface area contributed by atoms with Gasteiger partial charge in [-0.3, -0.25) is 9.10 Å². The van der Waals surface area contributed by atoms with Gasteiger partial charge in [0, 0.05) is 18.1 Å². The van der Waals surface area contributed by atoms with Crippen LogP contribution >= 0.6 is 34.7 Å². The van der Waals surface area contributed by atoms with Crippen LogP contribution in [0.2, 0.25) is 5.02 Å². The predicted molar refractivity (Wildman–Crippen MR) is 120 cm³/mol. The zero-order valence-electron chi connectivity index (χ0n) is 15.4. The summed E-state index contributed by atoms with van der Waals surface area (Å²) in [6.45, 7) is 2.03. The highest BCUT2D eigenvalue weighted by atomic mass is 35.5. The third-order valence-electron chi connectivity index (χ3n) is 3.87. The van der Waals surface area contributed by atoms with Crippen molar-refractivity contribution in [2.24, 2.45) is 0 Å². The lowest BCUT2D eigenvalue weighted by Crippen LogP contribution is -2.30. The average molecular weight is 468 g/mol. The Morgan fingerprint density at radius 3 is 2.66 bits per heavy atom. The average Bonchev–Trinajstić information content (AvgIpc) is 3.23. The largest absolute Gasteiger partial charge is 0.324 e. The molecule has 1 aromatic heterocycles. The van der Waals surface area contributed by atoms with E-state index in [0.29, 0.717) is 5.69 Å². The molecule has 6 nitrogen and oxygen atoms in total. The number of para-hydroxylation sites is 1. The third kappa shape index (κ3) is 5.30. The van der Waals surface area contributed by atoms with E-state index >= 15 is 0 Å². The van der Waals surface area contributed by atoms with Crippen LogP contribution in [0.3, 0.4) is 0 Å². The van der Waals surface area contributed by atoms with E-state index in [1.807, 2.05) is 11.4 Å². The number of aromatic nitrogens is 1. The van der Waals surface area contributed by atoms with Crippen molar-refractivity contribution in [3.05, 3.63) is 65.1 Å². The van der Waals surface area contributed by atoms with Gasteiger partial charge in [0.1, 0.15) is 4.34 Å². The van der Waals surface area contributed by atoms with Gasteiger partial charge in [-0.2, -0.15) is 0 Å². The molecular weight excluding hydrogens is 450 g/mol. The van der Waals surface area contributed by atoms with Crippen LogP contribution in [0.4, 0.5) is 11.4 Å². The number of hydrogen-bond donors (Lipinski definition) is 1. The highest BCUT2D eigenvalue weighted by Crippen LogP contribution is 2.29. The number of thioether (sulfide) groups is 1. The van der Waals surface area contributed by atoms with Gasteiger partial charge < -0.3 is 5.32 Å². The molecule has 0 atom stereocenters. The molecule has 0 saturated carbocycles. The first-order valence-electron chi connectivity index (χ1n) is 8.61. The molecule has 0 aliphatic heterocycles. The van der Waals surface area contributed by atoms with Crippen molar-refractivity contribution in [3.63, 3.8) is 0 Å². The molecule has 152 valence electrons. The molecule has 1 heterocycles. The number of thiazole rings is 1. The van der Waals surface area contributed by atoms with Gasteiger partial charge in [0.25, 0.3) is 10.0 Å². The lowest BCUT2D eigenvalue weighted by Gasteiger charge is -2.23. The maximum Gasteiger partial charge on any atom is 0.264 e. The fourth-order valence-corrected chi connectivity index (χ4v) is 5.67. The number of benzene rings is 2. The summed E-state index contributed by atoms with van der Waals surface area (Å²) in [5, 5.41) is 4.78. The second-order valence-electron chi connectivity index (χ2n) is 5.78. The number of anilines is 2. The first-order chi connectivity index (χ1) is 13.9. The Morgan fingerprint density at radius 1 is 1.24 bits per heavy atom. The summed E-state index contributed by atoms with van der Waals surface area (Å²) < 4.78 is 28.4. The predicted octanol–water partition coefficient (Wildman–Crippen LogP) is 4.74. The Hall–Kier alpha value is -2.07. The van der Waals surface area contributed by atoms with Gasteiger partial charge in [0.2, 0.25) is 5.91 Å². The van der Waals surface area contributed by atoms with E-state index in [-0.39, 0.29) is 33.8 Å². The van der Waals surface area contributed by atoms with Crippen molar-refractivity contribution in [2.75, 3.05) is 21.9 Å². The molecule has 0 spiro atoms. The van der Waals surface area contributed by atoms with Crippen LogP contribution in [-0.4, -0.2) is 31.6 Å². The topological polar surface area (TPSA) is 79.4 Å². The lowest BCUT2D eigenvalue weighted by molar-refractivity contribution is -0.113. The Labute approximate surface area is 183 Å². The molecule has 3 rings (SSSR count). The lowest BCUT2D eigenvalue weighted by atomic mass is 10.3. The van der Waals surface area contributed by atoms with Crippen LogP contribution in [0.5, 0.6) is 0 Å². The van der Waals surface area contributed by atoms with Crippen LogP contribution in [0.25, 0.3) is 0 Å². The molecule has 0 radical (unpaired) electrons. The number of sulfonamides is 1. The summed E-state index contributed by atoms with van der Waals surface area (Å²) in [6, 6.07) is 13.1. The van der Waals surface area contributed by atoms with Gasteiger partial charge in [-0.1, -0.05) is 41.6 Å². The van der Waals surface area contributed by atoms with Gasteiger partial charge in [-0.15, -0.1) is 11.3 Å². The van der Waals surface area contributed by atoms with Crippen molar-refractivity contribution in [3.8, 4) is 0 Å². The molecule has 2 aromatic carbocycles. The minimum Gasteiger partial charge on any atom is -0.324 e. The second-order valence-corrected chi connectivity index (χ2v) is 10.2. The third-order valence-corrected chi connectivity index (χ3v) is 8.06. The van der Waals surface area contributed by atoms with E-state index in [0.717, 1.165) is 4.34 Å². The molecule has 1 N–H and O–H groups in total. The number of nitrogens with one attached hydrogen (secondary N) is 1. The molecule has 0 saturated heterocycles. The minimum atomic E-state index is -3.82.